The first-order valence-electron chi connectivity index (χ1n) is 11.6. The fourth-order valence-corrected chi connectivity index (χ4v) is 4.55. The number of piperidine rings is 1. The number of para-hydroxylation sites is 2. The Morgan fingerprint density at radius 2 is 1.58 bits per heavy atom. The van der Waals surface area contributed by atoms with Crippen LogP contribution < -0.4 is 9.47 Å². The van der Waals surface area contributed by atoms with Crippen LogP contribution in [0.1, 0.15) is 29.6 Å². The van der Waals surface area contributed by atoms with Crippen LogP contribution in [0, 0.1) is 5.41 Å². The fraction of sp³-hybridized carbons (Fsp3) is 0.462. The van der Waals surface area contributed by atoms with Crippen LogP contribution in [-0.2, 0) is 9.53 Å². The molecule has 0 aliphatic carbocycles. The van der Waals surface area contributed by atoms with Crippen molar-refractivity contribution in [3.63, 3.8) is 0 Å². The molecule has 0 unspecified atom stereocenters. The standard InChI is InChI=1S/C26H32N2O5/c1-31-23-10-6-5-9-22(23)25(30)28-13-11-26(12-14-28,20-33-21-7-3-2-4-8-21)19-24(29)27-15-17-32-18-16-27/h2-10H,11-20H2,1H3. The van der Waals surface area contributed by atoms with E-state index in [0.29, 0.717) is 76.6 Å². The van der Waals surface area contributed by atoms with Gasteiger partial charge in [-0.3, -0.25) is 9.59 Å². The Morgan fingerprint density at radius 3 is 2.27 bits per heavy atom. The molecule has 0 radical (unpaired) electrons. The third-order valence-electron chi connectivity index (χ3n) is 6.63. The van der Waals surface area contributed by atoms with Gasteiger partial charge >= 0.3 is 0 Å². The van der Waals surface area contributed by atoms with Gasteiger partial charge in [0.15, 0.2) is 0 Å². The number of amides is 2. The van der Waals surface area contributed by atoms with Crippen LogP contribution >= 0.6 is 0 Å². The maximum Gasteiger partial charge on any atom is 0.257 e. The van der Waals surface area contributed by atoms with E-state index in [1.807, 2.05) is 52.3 Å². The molecular weight excluding hydrogens is 420 g/mol. The Kier molecular flexibility index (Phi) is 7.50. The van der Waals surface area contributed by atoms with Crippen molar-refractivity contribution in [2.45, 2.75) is 19.3 Å². The van der Waals surface area contributed by atoms with Crippen molar-refractivity contribution in [1.29, 1.82) is 0 Å². The number of hydrogen-bond donors (Lipinski definition) is 0. The zero-order valence-electron chi connectivity index (χ0n) is 19.2. The van der Waals surface area contributed by atoms with Crippen LogP contribution in [0.5, 0.6) is 11.5 Å². The highest BCUT2D eigenvalue weighted by Gasteiger charge is 2.40. The summed E-state index contributed by atoms with van der Waals surface area (Å²) >= 11 is 0. The molecule has 176 valence electrons. The van der Waals surface area contributed by atoms with Gasteiger partial charge in [0.2, 0.25) is 5.91 Å². The number of hydrogen-bond acceptors (Lipinski definition) is 5. The van der Waals surface area contributed by atoms with E-state index in [9.17, 15) is 9.59 Å². The van der Waals surface area contributed by atoms with Gasteiger partial charge in [0.1, 0.15) is 11.5 Å². The topological polar surface area (TPSA) is 68.3 Å². The molecule has 2 aromatic rings. The number of carbonyl (C=O) groups is 2. The fourth-order valence-electron chi connectivity index (χ4n) is 4.55. The molecule has 2 aromatic carbocycles. The lowest BCUT2D eigenvalue weighted by Crippen LogP contribution is -2.49. The SMILES string of the molecule is COc1ccccc1C(=O)N1CCC(COc2ccccc2)(CC(=O)N2CCOCC2)CC1. The first-order valence-corrected chi connectivity index (χ1v) is 11.6. The molecule has 0 bridgehead atoms. The Balaban J connectivity index is 1.46. The molecule has 2 fully saturated rings. The Hall–Kier alpha value is -3.06. The summed E-state index contributed by atoms with van der Waals surface area (Å²) in [5.41, 5.74) is 0.250. The summed E-state index contributed by atoms with van der Waals surface area (Å²) in [4.78, 5) is 30.0. The number of rotatable bonds is 7. The minimum absolute atomic E-state index is 0.0375. The van der Waals surface area contributed by atoms with Crippen LogP contribution in [0.2, 0.25) is 0 Å². The summed E-state index contributed by atoms with van der Waals surface area (Å²) in [5.74, 6) is 1.47. The monoisotopic (exact) mass is 452 g/mol. The number of methoxy groups -OCH3 is 1. The highest BCUT2D eigenvalue weighted by atomic mass is 16.5. The third-order valence-corrected chi connectivity index (χ3v) is 6.63. The molecule has 7 nitrogen and oxygen atoms in total. The number of morpholine rings is 1. The van der Waals surface area contributed by atoms with E-state index in [4.69, 9.17) is 14.2 Å². The molecule has 0 spiro atoms. The lowest BCUT2D eigenvalue weighted by molar-refractivity contribution is -0.139. The van der Waals surface area contributed by atoms with Gasteiger partial charge in [-0.25, -0.2) is 0 Å². The van der Waals surface area contributed by atoms with Crippen molar-refractivity contribution < 1.29 is 23.8 Å². The van der Waals surface area contributed by atoms with E-state index in [-0.39, 0.29) is 17.2 Å². The van der Waals surface area contributed by atoms with Crippen LogP contribution in [0.3, 0.4) is 0 Å². The first-order chi connectivity index (χ1) is 16.1. The van der Waals surface area contributed by atoms with Gasteiger partial charge in [0.05, 0.1) is 32.5 Å². The van der Waals surface area contributed by atoms with Crippen molar-refractivity contribution in [3.8, 4) is 11.5 Å². The third kappa shape index (κ3) is 5.66. The predicted molar refractivity (Wildman–Crippen MR) is 125 cm³/mol. The maximum atomic E-state index is 13.2. The largest absolute Gasteiger partial charge is 0.496 e. The molecular formula is C26H32N2O5. The highest BCUT2D eigenvalue weighted by Crippen LogP contribution is 2.37. The van der Waals surface area contributed by atoms with Gasteiger partial charge in [-0.2, -0.15) is 0 Å². The van der Waals surface area contributed by atoms with Gasteiger partial charge in [-0.15, -0.1) is 0 Å². The second-order valence-electron chi connectivity index (χ2n) is 8.76. The molecule has 33 heavy (non-hydrogen) atoms. The first kappa shape index (κ1) is 23.1. The van der Waals surface area contributed by atoms with Crippen LogP contribution in [-0.4, -0.2) is 74.7 Å². The molecule has 2 amide bonds. The molecule has 7 heteroatoms. The molecule has 0 aromatic heterocycles. The molecule has 2 heterocycles. The van der Waals surface area contributed by atoms with Crippen LogP contribution in [0.4, 0.5) is 0 Å². The minimum atomic E-state index is -0.317. The smallest absolute Gasteiger partial charge is 0.257 e. The molecule has 0 N–H and O–H groups in total. The van der Waals surface area contributed by atoms with E-state index >= 15 is 0 Å². The summed E-state index contributed by atoms with van der Waals surface area (Å²) in [6.07, 6.45) is 1.82. The number of ether oxygens (including phenoxy) is 3. The quantitative estimate of drug-likeness (QED) is 0.645. The van der Waals surface area contributed by atoms with Crippen molar-refractivity contribution in [2.75, 3.05) is 53.1 Å². The Bertz CT molecular complexity index is 935. The van der Waals surface area contributed by atoms with E-state index < -0.39 is 0 Å². The Labute approximate surface area is 195 Å². The van der Waals surface area contributed by atoms with E-state index in [2.05, 4.69) is 0 Å². The second kappa shape index (κ2) is 10.7. The van der Waals surface area contributed by atoms with Crippen LogP contribution in [0.25, 0.3) is 0 Å². The lowest BCUT2D eigenvalue weighted by atomic mass is 9.75. The Morgan fingerprint density at radius 1 is 0.909 bits per heavy atom. The highest BCUT2D eigenvalue weighted by molar-refractivity contribution is 5.97. The summed E-state index contributed by atoms with van der Waals surface area (Å²) in [6.45, 7) is 4.03. The van der Waals surface area contributed by atoms with Crippen LogP contribution in [0.15, 0.2) is 54.6 Å². The average Bonchev–Trinajstić information content (AvgIpc) is 2.88. The molecule has 2 saturated heterocycles. The number of carbonyl (C=O) groups excluding carboxylic acids is 2. The van der Waals surface area contributed by atoms with Gasteiger partial charge in [0, 0.05) is 38.0 Å². The van der Waals surface area contributed by atoms with Crippen molar-refractivity contribution in [3.05, 3.63) is 60.2 Å². The molecule has 4 rings (SSSR count). The molecule has 2 aliphatic rings. The zero-order valence-corrected chi connectivity index (χ0v) is 19.2. The van der Waals surface area contributed by atoms with E-state index in [0.717, 1.165) is 5.75 Å². The van der Waals surface area contributed by atoms with E-state index in [1.54, 1.807) is 19.2 Å². The molecule has 0 saturated carbocycles. The summed E-state index contributed by atoms with van der Waals surface area (Å²) in [7, 11) is 1.57. The van der Waals surface area contributed by atoms with Crippen molar-refractivity contribution >= 4 is 11.8 Å². The zero-order chi connectivity index (χ0) is 23.1. The maximum absolute atomic E-state index is 13.2. The average molecular weight is 453 g/mol. The summed E-state index contributed by atoms with van der Waals surface area (Å²) in [5, 5.41) is 0. The summed E-state index contributed by atoms with van der Waals surface area (Å²) in [6, 6.07) is 17.0. The second-order valence-corrected chi connectivity index (χ2v) is 8.76. The van der Waals surface area contributed by atoms with Gasteiger partial charge in [0.25, 0.3) is 5.91 Å². The van der Waals surface area contributed by atoms with Crippen molar-refractivity contribution in [1.82, 2.24) is 9.80 Å². The van der Waals surface area contributed by atoms with Gasteiger partial charge in [-0.05, 0) is 37.1 Å². The number of likely N-dealkylation sites (tertiary alicyclic amines) is 1. The van der Waals surface area contributed by atoms with E-state index in [1.165, 1.54) is 0 Å². The lowest BCUT2D eigenvalue weighted by Gasteiger charge is -2.42. The summed E-state index contributed by atoms with van der Waals surface area (Å²) < 4.78 is 16.9. The number of nitrogens with zero attached hydrogens (tertiary/aromatic N) is 2. The molecule has 0 atom stereocenters. The minimum Gasteiger partial charge on any atom is -0.496 e. The normalized spacial score (nSPS) is 18.0. The van der Waals surface area contributed by atoms with Crippen molar-refractivity contribution in [2.24, 2.45) is 5.41 Å². The van der Waals surface area contributed by atoms with Gasteiger partial charge < -0.3 is 24.0 Å². The molecule has 2 aliphatic heterocycles. The predicted octanol–water partition coefficient (Wildman–Crippen LogP) is 3.25. The van der Waals surface area contributed by atoms with Gasteiger partial charge in [-0.1, -0.05) is 30.3 Å². The number of benzene rings is 2.